The van der Waals surface area contributed by atoms with Gasteiger partial charge in [0.05, 0.1) is 11.3 Å². The van der Waals surface area contributed by atoms with Crippen LogP contribution in [0.5, 0.6) is 0 Å². The zero-order chi connectivity index (χ0) is 13.4. The molecule has 1 aromatic rings. The van der Waals surface area contributed by atoms with Crippen molar-refractivity contribution in [3.8, 4) is 6.07 Å². The van der Waals surface area contributed by atoms with Crippen LogP contribution in [-0.4, -0.2) is 31.1 Å². The second-order valence-corrected chi connectivity index (χ2v) is 5.02. The van der Waals surface area contributed by atoms with Gasteiger partial charge in [0.1, 0.15) is 6.07 Å². The Morgan fingerprint density at radius 1 is 1.33 bits per heavy atom. The van der Waals surface area contributed by atoms with E-state index in [4.69, 9.17) is 5.26 Å². The van der Waals surface area contributed by atoms with E-state index in [1.165, 1.54) is 0 Å². The Labute approximate surface area is 118 Å². The Kier molecular flexibility index (Phi) is 6.77. The molecule has 0 aliphatic heterocycles. The molecular formula is C14H20BrN3. The lowest BCUT2D eigenvalue weighted by atomic mass is 10.2. The van der Waals surface area contributed by atoms with Crippen LogP contribution in [0.25, 0.3) is 0 Å². The highest BCUT2D eigenvalue weighted by Crippen LogP contribution is 2.20. The number of anilines is 1. The largest absolute Gasteiger partial charge is 0.384 e. The van der Waals surface area contributed by atoms with Crippen LogP contribution in [0, 0.1) is 11.3 Å². The molecule has 1 N–H and O–H groups in total. The van der Waals surface area contributed by atoms with E-state index in [-0.39, 0.29) is 0 Å². The van der Waals surface area contributed by atoms with Gasteiger partial charge in [0.2, 0.25) is 0 Å². The van der Waals surface area contributed by atoms with Gasteiger partial charge in [-0.15, -0.1) is 0 Å². The maximum Gasteiger partial charge on any atom is 0.101 e. The summed E-state index contributed by atoms with van der Waals surface area (Å²) in [4.78, 5) is 2.40. The maximum absolute atomic E-state index is 9.04. The molecule has 0 aliphatic rings. The van der Waals surface area contributed by atoms with E-state index in [0.29, 0.717) is 5.56 Å². The molecule has 18 heavy (non-hydrogen) atoms. The molecule has 0 saturated carbocycles. The van der Waals surface area contributed by atoms with Gasteiger partial charge in [0.25, 0.3) is 0 Å². The molecule has 0 bridgehead atoms. The standard InChI is InChI=1S/C14H20BrN3/c1-3-18(4-2)9-5-8-17-14-7-6-13(15)10-12(14)11-16/h6-7,10,17H,3-5,8-9H2,1-2H3. The van der Waals surface area contributed by atoms with Crippen molar-refractivity contribution in [2.45, 2.75) is 20.3 Å². The molecule has 4 heteroatoms. The highest BCUT2D eigenvalue weighted by Gasteiger charge is 2.02. The van der Waals surface area contributed by atoms with E-state index in [9.17, 15) is 0 Å². The van der Waals surface area contributed by atoms with Crippen LogP contribution in [-0.2, 0) is 0 Å². The van der Waals surface area contributed by atoms with Crippen molar-refractivity contribution >= 4 is 21.6 Å². The average Bonchev–Trinajstić information content (AvgIpc) is 2.40. The summed E-state index contributed by atoms with van der Waals surface area (Å²) in [5, 5.41) is 12.4. The van der Waals surface area contributed by atoms with Gasteiger partial charge < -0.3 is 10.2 Å². The molecular weight excluding hydrogens is 290 g/mol. The molecule has 3 nitrogen and oxygen atoms in total. The fourth-order valence-corrected chi connectivity index (χ4v) is 2.19. The minimum absolute atomic E-state index is 0.687. The predicted octanol–water partition coefficient (Wildman–Crippen LogP) is 3.46. The molecule has 0 spiro atoms. The fraction of sp³-hybridized carbons (Fsp3) is 0.500. The Morgan fingerprint density at radius 3 is 2.67 bits per heavy atom. The summed E-state index contributed by atoms with van der Waals surface area (Å²) in [5.41, 5.74) is 1.60. The fourth-order valence-electron chi connectivity index (χ4n) is 1.83. The van der Waals surface area contributed by atoms with E-state index in [2.05, 4.69) is 46.1 Å². The molecule has 0 radical (unpaired) electrons. The Balaban J connectivity index is 2.42. The average molecular weight is 310 g/mol. The summed E-state index contributed by atoms with van der Waals surface area (Å²) in [6.07, 6.45) is 1.09. The quantitative estimate of drug-likeness (QED) is 0.784. The lowest BCUT2D eigenvalue weighted by Gasteiger charge is -2.18. The van der Waals surface area contributed by atoms with Crippen molar-refractivity contribution in [3.63, 3.8) is 0 Å². The van der Waals surface area contributed by atoms with E-state index < -0.39 is 0 Å². The highest BCUT2D eigenvalue weighted by molar-refractivity contribution is 9.10. The molecule has 0 amide bonds. The first-order valence-electron chi connectivity index (χ1n) is 6.37. The lowest BCUT2D eigenvalue weighted by molar-refractivity contribution is 0.303. The van der Waals surface area contributed by atoms with Gasteiger partial charge in [0, 0.05) is 11.0 Å². The first-order chi connectivity index (χ1) is 8.71. The van der Waals surface area contributed by atoms with Gasteiger partial charge in [-0.1, -0.05) is 29.8 Å². The number of hydrogen-bond acceptors (Lipinski definition) is 3. The molecule has 1 aromatic carbocycles. The summed E-state index contributed by atoms with van der Waals surface area (Å²) in [6.45, 7) is 8.54. The molecule has 0 atom stereocenters. The molecule has 98 valence electrons. The van der Waals surface area contributed by atoms with Crippen molar-refractivity contribution in [2.24, 2.45) is 0 Å². The van der Waals surface area contributed by atoms with Crippen LogP contribution < -0.4 is 5.32 Å². The Morgan fingerprint density at radius 2 is 2.06 bits per heavy atom. The van der Waals surface area contributed by atoms with Crippen LogP contribution in [0.4, 0.5) is 5.69 Å². The Bertz CT molecular complexity index is 408. The lowest BCUT2D eigenvalue weighted by Crippen LogP contribution is -2.25. The smallest absolute Gasteiger partial charge is 0.101 e. The summed E-state index contributed by atoms with van der Waals surface area (Å²) >= 11 is 3.37. The van der Waals surface area contributed by atoms with Gasteiger partial charge in [-0.25, -0.2) is 0 Å². The van der Waals surface area contributed by atoms with Crippen LogP contribution in [0.1, 0.15) is 25.8 Å². The SMILES string of the molecule is CCN(CC)CCCNc1ccc(Br)cc1C#N. The predicted molar refractivity (Wildman–Crippen MR) is 79.8 cm³/mol. The second kappa shape index (κ2) is 8.12. The second-order valence-electron chi connectivity index (χ2n) is 4.11. The van der Waals surface area contributed by atoms with Crippen LogP contribution >= 0.6 is 15.9 Å². The third-order valence-electron chi connectivity index (χ3n) is 2.96. The molecule has 1 rings (SSSR count). The van der Waals surface area contributed by atoms with Gasteiger partial charge in [-0.3, -0.25) is 0 Å². The van der Waals surface area contributed by atoms with Crippen molar-refractivity contribution in [1.29, 1.82) is 5.26 Å². The number of halogens is 1. The third-order valence-corrected chi connectivity index (χ3v) is 3.46. The summed E-state index contributed by atoms with van der Waals surface area (Å²) in [7, 11) is 0. The molecule has 0 heterocycles. The van der Waals surface area contributed by atoms with Gasteiger partial charge >= 0.3 is 0 Å². The van der Waals surface area contributed by atoms with Crippen LogP contribution in [0.2, 0.25) is 0 Å². The first-order valence-corrected chi connectivity index (χ1v) is 7.16. The van der Waals surface area contributed by atoms with Gasteiger partial charge in [-0.05, 0) is 44.3 Å². The number of benzene rings is 1. The van der Waals surface area contributed by atoms with Crippen LogP contribution in [0.15, 0.2) is 22.7 Å². The summed E-state index contributed by atoms with van der Waals surface area (Å²) in [6, 6.07) is 7.94. The van der Waals surface area contributed by atoms with Crippen molar-refractivity contribution < 1.29 is 0 Å². The number of nitrogens with zero attached hydrogens (tertiary/aromatic N) is 2. The van der Waals surface area contributed by atoms with E-state index in [1.54, 1.807) is 0 Å². The zero-order valence-electron chi connectivity index (χ0n) is 11.0. The topological polar surface area (TPSA) is 39.1 Å². The number of rotatable bonds is 7. The zero-order valence-corrected chi connectivity index (χ0v) is 12.6. The monoisotopic (exact) mass is 309 g/mol. The first kappa shape index (κ1) is 15.0. The minimum atomic E-state index is 0.687. The number of hydrogen-bond donors (Lipinski definition) is 1. The van der Waals surface area contributed by atoms with E-state index in [1.807, 2.05) is 18.2 Å². The molecule has 0 saturated heterocycles. The van der Waals surface area contributed by atoms with Crippen molar-refractivity contribution in [3.05, 3.63) is 28.2 Å². The summed E-state index contributed by atoms with van der Waals surface area (Å²) < 4.78 is 0.938. The molecule has 0 aliphatic carbocycles. The van der Waals surface area contributed by atoms with E-state index in [0.717, 1.165) is 42.8 Å². The van der Waals surface area contributed by atoms with Gasteiger partial charge in [-0.2, -0.15) is 5.26 Å². The number of nitrogens with one attached hydrogen (secondary N) is 1. The molecule has 0 fully saturated rings. The van der Waals surface area contributed by atoms with Crippen molar-refractivity contribution in [2.75, 3.05) is 31.5 Å². The van der Waals surface area contributed by atoms with Crippen LogP contribution in [0.3, 0.4) is 0 Å². The van der Waals surface area contributed by atoms with Crippen molar-refractivity contribution in [1.82, 2.24) is 4.90 Å². The maximum atomic E-state index is 9.04. The highest BCUT2D eigenvalue weighted by atomic mass is 79.9. The van der Waals surface area contributed by atoms with E-state index >= 15 is 0 Å². The minimum Gasteiger partial charge on any atom is -0.384 e. The molecule has 0 aromatic heterocycles. The normalized spacial score (nSPS) is 10.4. The Hall–Kier alpha value is -1.05. The number of nitriles is 1. The summed E-state index contributed by atoms with van der Waals surface area (Å²) in [5.74, 6) is 0. The van der Waals surface area contributed by atoms with Gasteiger partial charge in [0.15, 0.2) is 0 Å². The molecule has 0 unspecified atom stereocenters. The third kappa shape index (κ3) is 4.67.